The number of rotatable bonds is 29. The second-order valence-electron chi connectivity index (χ2n) is 39.8. The molecule has 0 saturated carbocycles. The fourth-order valence-corrected chi connectivity index (χ4v) is 17.3. The molecule has 6 saturated heterocycles. The van der Waals surface area contributed by atoms with Crippen molar-refractivity contribution in [1.29, 1.82) is 0 Å². The van der Waals surface area contributed by atoms with Crippen molar-refractivity contribution < 1.29 is 37.2 Å². The SMILES string of the molecule is CC(C)CCc1ccc(Br)cc1.CC(C)CCc1ccccc1.CC(C)CCc1ccccc1Cl.CC(C)CN1CCCCC1C.CC(C)CN1CCCCC1C.CC(C)CN1CCOCC1.CC(C)CN1CCOCC1.CC(C)CN1CCSCC1.CC(C)CN1CCSCC1.CF.CF.CF.CO.COc1ccc(CCC(C)C)cc1.COc1ccc(CCC(C)C)cc1. The van der Waals surface area contributed by atoms with Crippen molar-refractivity contribution in [1.82, 2.24) is 29.4 Å². The second-order valence-corrected chi connectivity index (χ2v) is 43.5. The quantitative estimate of drug-likeness (QED) is 0.0494. The van der Waals surface area contributed by atoms with Crippen LogP contribution in [0.15, 0.2) is 132 Å². The van der Waals surface area contributed by atoms with Crippen molar-refractivity contribution in [3.63, 3.8) is 0 Å². The normalized spacial score (nSPS) is 16.5. The van der Waals surface area contributed by atoms with E-state index in [9.17, 15) is 13.2 Å². The second kappa shape index (κ2) is 91.7. The number of piperidine rings is 2. The van der Waals surface area contributed by atoms with Gasteiger partial charge >= 0.3 is 0 Å². The molecule has 2 unspecified atom stereocenters. The summed E-state index contributed by atoms with van der Waals surface area (Å²) >= 11 is 13.6. The lowest BCUT2D eigenvalue weighted by atomic mass is 10.0. The van der Waals surface area contributed by atoms with Gasteiger partial charge in [0.2, 0.25) is 0 Å². The molecule has 6 heterocycles. The number of halogens is 5. The van der Waals surface area contributed by atoms with Gasteiger partial charge in [0.05, 0.1) is 62.2 Å². The molecule has 2 atom stereocenters. The third-order valence-corrected chi connectivity index (χ3v) is 24.8. The number of likely N-dealkylation sites (tertiary alicyclic amines) is 2. The minimum absolute atomic E-state index is 0.500. The van der Waals surface area contributed by atoms with Crippen LogP contribution in [0.5, 0.6) is 11.5 Å². The molecule has 131 heavy (non-hydrogen) atoms. The van der Waals surface area contributed by atoms with Gasteiger partial charge < -0.3 is 43.7 Å². The lowest BCUT2D eigenvalue weighted by Gasteiger charge is -2.34. The predicted octanol–water partition coefficient (Wildman–Crippen LogP) is 29.5. The average Bonchev–Trinajstić information content (AvgIpc) is 0.860. The van der Waals surface area contributed by atoms with E-state index >= 15 is 0 Å². The summed E-state index contributed by atoms with van der Waals surface area (Å²) in [6, 6.07) is 45.7. The first-order chi connectivity index (χ1) is 62.7. The number of hydrogen-bond acceptors (Lipinski definition) is 13. The molecule has 0 amide bonds. The molecule has 0 radical (unpaired) electrons. The van der Waals surface area contributed by atoms with Crippen molar-refractivity contribution in [2.45, 2.75) is 281 Å². The van der Waals surface area contributed by atoms with Crippen molar-refractivity contribution in [2.75, 3.05) is 197 Å². The Bertz CT molecular complexity index is 2960. The van der Waals surface area contributed by atoms with Gasteiger partial charge in [0, 0.05) is 143 Å². The van der Waals surface area contributed by atoms with Crippen LogP contribution in [0, 0.1) is 65.1 Å². The van der Waals surface area contributed by atoms with Gasteiger partial charge in [-0.15, -0.1) is 0 Å². The maximum atomic E-state index is 9.50. The summed E-state index contributed by atoms with van der Waals surface area (Å²) < 4.78 is 50.3. The summed E-state index contributed by atoms with van der Waals surface area (Å²) in [5.41, 5.74) is 6.96. The molecular weight excluding hydrogens is 1760 g/mol. The van der Waals surface area contributed by atoms with Crippen LogP contribution in [-0.4, -0.2) is 244 Å². The number of hydrogen-bond donors (Lipinski definition) is 1. The van der Waals surface area contributed by atoms with Gasteiger partial charge in [0.1, 0.15) is 11.5 Å². The summed E-state index contributed by atoms with van der Waals surface area (Å²) in [7, 11) is 5.90. The number of methoxy groups -OCH3 is 2. The number of aliphatic hydroxyl groups excluding tert-OH is 1. The van der Waals surface area contributed by atoms with Crippen LogP contribution in [0.2, 0.25) is 5.02 Å². The van der Waals surface area contributed by atoms with Crippen molar-refractivity contribution in [3.05, 3.63) is 165 Å². The van der Waals surface area contributed by atoms with Crippen molar-refractivity contribution in [3.8, 4) is 11.5 Å². The Morgan fingerprint density at radius 2 is 0.595 bits per heavy atom. The standard InChI is InChI=1S/2C12H18O.C11H15Br.C11H15Cl.C11H16.2C10H21N.2C8H17NO.2C8H17NS.3CH3F.CH4O/c2*1-10(2)4-5-11-6-8-12(13-3)9-7-11;1-9(2)3-4-10-5-7-11(12)8-6-10;1-9(2)7-8-10-5-3-4-6-11(10)12;1-10(2)8-9-11-6-4-3-5-7-11;2*1-9(2)8-11-7-5-4-6-10(11)3;4*1-8(2)7-9-3-5-10-6-4-9;4*1-2/h2*6-10H,4-5H2,1-3H3;5-9H,3-4H2,1-2H3;3-6,9H,7-8H2,1-2H3;3-7,10H,8-9H2,1-2H3;2*9-10H,4-8H2,1-3H3;4*8H,3-7H2,1-2H3;3*1H3;2H,1H3. The first-order valence-corrected chi connectivity index (χ1v) is 54.2. The Balaban J connectivity index is -0.000000672. The zero-order valence-electron chi connectivity index (χ0n) is 89.9. The van der Waals surface area contributed by atoms with E-state index in [0.29, 0.717) is 21.5 Å². The Kier molecular flexibility index (Phi) is 93.7. The third kappa shape index (κ3) is 84.4. The van der Waals surface area contributed by atoms with Gasteiger partial charge in [-0.2, -0.15) is 23.5 Å². The van der Waals surface area contributed by atoms with E-state index in [-0.39, 0.29) is 0 Å². The molecule has 5 aromatic rings. The number of aryl methyl sites for hydroxylation is 5. The van der Waals surface area contributed by atoms with Crippen LogP contribution in [0.25, 0.3) is 0 Å². The van der Waals surface area contributed by atoms with Crippen LogP contribution in [0.4, 0.5) is 13.2 Å². The monoisotopic (exact) mass is 1960 g/mol. The number of benzene rings is 5. The van der Waals surface area contributed by atoms with Crippen molar-refractivity contribution >= 4 is 51.1 Å². The maximum absolute atomic E-state index is 9.50. The predicted molar refractivity (Wildman–Crippen MR) is 584 cm³/mol. The van der Waals surface area contributed by atoms with Gasteiger partial charge in [0.25, 0.3) is 0 Å². The summed E-state index contributed by atoms with van der Waals surface area (Å²) in [6.07, 6.45) is 20.7. The lowest BCUT2D eigenvalue weighted by molar-refractivity contribution is 0.0328. The number of alkyl halides is 3. The highest BCUT2D eigenvalue weighted by atomic mass is 79.9. The van der Waals surface area contributed by atoms with E-state index in [4.69, 9.17) is 35.7 Å². The molecule has 0 bridgehead atoms. The van der Waals surface area contributed by atoms with E-state index in [1.54, 1.807) is 14.2 Å². The number of aliphatic hydroxyl groups is 1. The topological polar surface area (TPSA) is 76.6 Å². The summed E-state index contributed by atoms with van der Waals surface area (Å²) in [4.78, 5) is 15.3. The molecule has 764 valence electrons. The number of thioether (sulfide) groups is 2. The summed E-state index contributed by atoms with van der Waals surface area (Å²) in [5.74, 6) is 16.1. The number of nitrogens with zero attached hydrogens (tertiary/aromatic N) is 6. The Labute approximate surface area is 831 Å². The molecule has 11 rings (SSSR count). The summed E-state index contributed by atoms with van der Waals surface area (Å²) in [5, 5.41) is 7.90. The smallest absolute Gasteiger partial charge is 0.118 e. The zero-order valence-corrected chi connectivity index (χ0v) is 93.9. The fourth-order valence-electron chi connectivity index (χ4n) is 14.8. The third-order valence-electron chi connectivity index (χ3n) is 22.1. The van der Waals surface area contributed by atoms with E-state index in [1.807, 2.05) is 42.5 Å². The first kappa shape index (κ1) is 134. The van der Waals surface area contributed by atoms with Crippen LogP contribution < -0.4 is 9.47 Å². The van der Waals surface area contributed by atoms with Crippen LogP contribution in [0.1, 0.15) is 265 Å². The van der Waals surface area contributed by atoms with Gasteiger partial charge in [-0.1, -0.05) is 278 Å². The van der Waals surface area contributed by atoms with E-state index in [0.717, 1.165) is 164 Å². The highest BCUT2D eigenvalue weighted by molar-refractivity contribution is 9.10. The molecule has 1 N–H and O–H groups in total. The minimum Gasteiger partial charge on any atom is -0.497 e. The highest BCUT2D eigenvalue weighted by Gasteiger charge is 2.21. The van der Waals surface area contributed by atoms with Gasteiger partial charge in [-0.25, -0.2) is 0 Å². The van der Waals surface area contributed by atoms with E-state index < -0.39 is 0 Å². The molecule has 6 aliphatic heterocycles. The highest BCUT2D eigenvalue weighted by Crippen LogP contribution is 2.23. The van der Waals surface area contributed by atoms with Gasteiger partial charge in [-0.3, -0.25) is 23.0 Å². The van der Waals surface area contributed by atoms with Gasteiger partial charge in [-0.05, 0) is 252 Å². The van der Waals surface area contributed by atoms with Crippen molar-refractivity contribution in [2.24, 2.45) is 65.1 Å². The van der Waals surface area contributed by atoms with Crippen LogP contribution in [0.3, 0.4) is 0 Å². The largest absolute Gasteiger partial charge is 0.497 e. The van der Waals surface area contributed by atoms with Crippen LogP contribution in [-0.2, 0) is 41.6 Å². The Morgan fingerprint density at radius 3 is 0.863 bits per heavy atom. The van der Waals surface area contributed by atoms with E-state index in [2.05, 4.69) is 320 Å². The molecule has 5 aromatic carbocycles. The molecule has 0 aliphatic carbocycles. The maximum Gasteiger partial charge on any atom is 0.118 e. The minimum atomic E-state index is 0.500. The Morgan fingerprint density at radius 1 is 0.336 bits per heavy atom. The summed E-state index contributed by atoms with van der Waals surface area (Å²) in [6.45, 7) is 78.4. The Hall–Kier alpha value is -3.40. The fraction of sp³-hybridized carbons (Fsp3) is 0.735. The molecule has 11 nitrogen and oxygen atoms in total. The lowest BCUT2D eigenvalue weighted by Crippen LogP contribution is -2.39. The molecular formula is C113H205BrClF3N6O5S2. The number of ether oxygens (including phenoxy) is 4. The first-order valence-electron chi connectivity index (χ1n) is 50.7. The van der Waals surface area contributed by atoms with E-state index in [1.165, 1.54) is 226 Å². The zero-order chi connectivity index (χ0) is 99.5. The molecule has 6 fully saturated rings. The molecule has 0 aromatic heterocycles. The molecule has 0 spiro atoms. The average molecular weight is 1960 g/mol. The number of morpholine rings is 2. The van der Waals surface area contributed by atoms with Gasteiger partial charge in [0.15, 0.2) is 0 Å². The van der Waals surface area contributed by atoms with Crippen LogP contribution >= 0.6 is 51.1 Å². The molecule has 18 heteroatoms. The molecule has 6 aliphatic rings.